The molecule has 0 aromatic carbocycles. The van der Waals surface area contributed by atoms with Gasteiger partial charge in [0.1, 0.15) is 10.7 Å². The number of nitriles is 1. The van der Waals surface area contributed by atoms with Crippen molar-refractivity contribution in [1.82, 2.24) is 4.98 Å². The molecule has 0 N–H and O–H groups in total. The van der Waals surface area contributed by atoms with Gasteiger partial charge in [-0.1, -0.05) is 0 Å². The number of halogens is 6. The maximum absolute atomic E-state index is 12.4. The van der Waals surface area contributed by atoms with Crippen molar-refractivity contribution in [1.29, 1.82) is 5.26 Å². The summed E-state index contributed by atoms with van der Waals surface area (Å²) >= 11 is 2.58. The van der Waals surface area contributed by atoms with Crippen molar-refractivity contribution in [2.75, 3.05) is 0 Å². The van der Waals surface area contributed by atoms with Crippen LogP contribution in [0.1, 0.15) is 23.2 Å². The largest absolute Gasteiger partial charge is 0.419 e. The first-order valence-electron chi connectivity index (χ1n) is 3.73. The topological polar surface area (TPSA) is 36.7 Å². The van der Waals surface area contributed by atoms with Crippen molar-refractivity contribution in [2.45, 2.75) is 12.6 Å². The Balaban J connectivity index is 3.49. The molecule has 0 fully saturated rings. The van der Waals surface area contributed by atoms with Gasteiger partial charge < -0.3 is 0 Å². The van der Waals surface area contributed by atoms with Crippen LogP contribution in [-0.2, 0) is 6.18 Å². The second-order valence-corrected chi connectivity index (χ2v) is 3.43. The summed E-state index contributed by atoms with van der Waals surface area (Å²) in [4.78, 5) is 3.13. The average Bonchev–Trinajstić information content (AvgIpc) is 2.14. The van der Waals surface area contributed by atoms with Gasteiger partial charge in [-0.3, -0.25) is 0 Å². The van der Waals surface area contributed by atoms with Crippen LogP contribution >= 0.6 is 15.9 Å². The van der Waals surface area contributed by atoms with E-state index in [1.165, 1.54) is 6.07 Å². The SMILES string of the molecule is N#Cc1nc(Br)c(C(F)F)cc1C(F)(F)F. The third-order valence-electron chi connectivity index (χ3n) is 1.65. The molecule has 0 bridgehead atoms. The molecule has 1 rings (SSSR count). The van der Waals surface area contributed by atoms with E-state index in [9.17, 15) is 22.0 Å². The smallest absolute Gasteiger partial charge is 0.229 e. The molecule has 16 heavy (non-hydrogen) atoms. The van der Waals surface area contributed by atoms with Crippen LogP contribution in [0.15, 0.2) is 10.7 Å². The van der Waals surface area contributed by atoms with Crippen LogP contribution in [0.2, 0.25) is 0 Å². The summed E-state index contributed by atoms with van der Waals surface area (Å²) in [7, 11) is 0. The highest BCUT2D eigenvalue weighted by Crippen LogP contribution is 2.36. The molecule has 0 saturated heterocycles. The van der Waals surface area contributed by atoms with Crippen molar-refractivity contribution >= 4 is 15.9 Å². The number of hydrogen-bond acceptors (Lipinski definition) is 2. The minimum Gasteiger partial charge on any atom is -0.229 e. The molecule has 0 atom stereocenters. The summed E-state index contributed by atoms with van der Waals surface area (Å²) in [6.07, 6.45) is -7.99. The summed E-state index contributed by atoms with van der Waals surface area (Å²) in [5.41, 5.74) is -3.30. The van der Waals surface area contributed by atoms with Gasteiger partial charge in [0.2, 0.25) is 0 Å². The molecule has 0 spiro atoms. The third-order valence-corrected chi connectivity index (χ3v) is 2.28. The van der Waals surface area contributed by atoms with Gasteiger partial charge in [-0.05, 0) is 22.0 Å². The average molecular weight is 301 g/mol. The second kappa shape index (κ2) is 4.33. The van der Waals surface area contributed by atoms with Crippen LogP contribution in [0.25, 0.3) is 0 Å². The van der Waals surface area contributed by atoms with E-state index in [1.807, 2.05) is 0 Å². The molecule has 0 aliphatic rings. The van der Waals surface area contributed by atoms with Crippen LogP contribution < -0.4 is 0 Å². The number of nitrogens with zero attached hydrogens (tertiary/aromatic N) is 2. The fraction of sp³-hybridized carbons (Fsp3) is 0.250. The minimum atomic E-state index is -4.89. The van der Waals surface area contributed by atoms with Crippen molar-refractivity contribution < 1.29 is 22.0 Å². The standard InChI is InChI=1S/C8H2BrF5N2/c9-6-3(7(10)11)1-4(8(12,13)14)5(2-15)16-6/h1,7H. The molecule has 1 heterocycles. The fourth-order valence-electron chi connectivity index (χ4n) is 0.961. The molecule has 0 unspecified atom stereocenters. The number of hydrogen-bond donors (Lipinski definition) is 0. The Morgan fingerprint density at radius 3 is 2.31 bits per heavy atom. The lowest BCUT2D eigenvalue weighted by Gasteiger charge is -2.11. The molecule has 0 aliphatic carbocycles. The second-order valence-electron chi connectivity index (χ2n) is 2.67. The number of pyridine rings is 1. The van der Waals surface area contributed by atoms with Crippen LogP contribution in [0.3, 0.4) is 0 Å². The van der Waals surface area contributed by atoms with Gasteiger partial charge in [-0.2, -0.15) is 18.4 Å². The first kappa shape index (κ1) is 12.8. The van der Waals surface area contributed by atoms with E-state index in [4.69, 9.17) is 5.26 Å². The maximum Gasteiger partial charge on any atom is 0.419 e. The Bertz CT molecular complexity index is 449. The first-order chi connectivity index (χ1) is 7.27. The van der Waals surface area contributed by atoms with Crippen molar-refractivity contribution in [2.24, 2.45) is 0 Å². The molecule has 0 amide bonds. The van der Waals surface area contributed by atoms with Gasteiger partial charge in [-0.25, -0.2) is 13.8 Å². The van der Waals surface area contributed by atoms with Crippen LogP contribution in [0, 0.1) is 11.3 Å². The first-order valence-corrected chi connectivity index (χ1v) is 4.52. The summed E-state index contributed by atoms with van der Waals surface area (Å²) in [5.74, 6) is 0. The molecule has 0 aliphatic heterocycles. The van der Waals surface area contributed by atoms with Crippen LogP contribution in [0.4, 0.5) is 22.0 Å². The summed E-state index contributed by atoms with van der Waals surface area (Å²) < 4.78 is 61.2. The Kier molecular flexibility index (Phi) is 3.48. The number of rotatable bonds is 1. The Labute approximate surface area is 94.8 Å². The quantitative estimate of drug-likeness (QED) is 0.586. The normalized spacial score (nSPS) is 11.6. The zero-order valence-corrected chi connectivity index (χ0v) is 8.90. The summed E-state index contributed by atoms with van der Waals surface area (Å²) in [6.45, 7) is 0. The van der Waals surface area contributed by atoms with Crippen LogP contribution in [-0.4, -0.2) is 4.98 Å². The van der Waals surface area contributed by atoms with E-state index < -0.39 is 34.0 Å². The monoisotopic (exact) mass is 300 g/mol. The fourth-order valence-corrected chi connectivity index (χ4v) is 1.43. The van der Waals surface area contributed by atoms with Gasteiger partial charge in [0.05, 0.1) is 11.1 Å². The van der Waals surface area contributed by atoms with Gasteiger partial charge >= 0.3 is 6.18 Å². The van der Waals surface area contributed by atoms with E-state index in [0.717, 1.165) is 0 Å². The molecule has 1 aromatic rings. The molecule has 0 radical (unpaired) electrons. The van der Waals surface area contributed by atoms with E-state index in [1.54, 1.807) is 0 Å². The predicted octanol–water partition coefficient (Wildman–Crippen LogP) is 3.67. The lowest BCUT2D eigenvalue weighted by atomic mass is 10.1. The van der Waals surface area contributed by atoms with Crippen molar-refractivity contribution in [3.8, 4) is 6.07 Å². The van der Waals surface area contributed by atoms with Crippen LogP contribution in [0.5, 0.6) is 0 Å². The van der Waals surface area contributed by atoms with Gasteiger partial charge in [0, 0.05) is 0 Å². The van der Waals surface area contributed by atoms with Gasteiger partial charge in [-0.15, -0.1) is 0 Å². The highest BCUT2D eigenvalue weighted by atomic mass is 79.9. The molecular weight excluding hydrogens is 299 g/mol. The molecule has 1 aromatic heterocycles. The van der Waals surface area contributed by atoms with E-state index in [2.05, 4.69) is 20.9 Å². The zero-order valence-electron chi connectivity index (χ0n) is 7.32. The zero-order chi connectivity index (χ0) is 12.5. The lowest BCUT2D eigenvalue weighted by Crippen LogP contribution is -2.11. The van der Waals surface area contributed by atoms with Gasteiger partial charge in [0.15, 0.2) is 5.69 Å². The lowest BCUT2D eigenvalue weighted by molar-refractivity contribution is -0.138. The molecular formula is C8H2BrF5N2. The number of alkyl halides is 5. The Hall–Kier alpha value is -1.23. The highest BCUT2D eigenvalue weighted by Gasteiger charge is 2.36. The maximum atomic E-state index is 12.4. The minimum absolute atomic E-state index is 0.223. The summed E-state index contributed by atoms with van der Waals surface area (Å²) in [5, 5.41) is 8.41. The van der Waals surface area contributed by atoms with E-state index in [0.29, 0.717) is 0 Å². The Morgan fingerprint density at radius 1 is 1.38 bits per heavy atom. The molecule has 0 saturated carbocycles. The van der Waals surface area contributed by atoms with Crippen molar-refractivity contribution in [3.05, 3.63) is 27.5 Å². The molecule has 8 heteroatoms. The third kappa shape index (κ3) is 2.47. The van der Waals surface area contributed by atoms with E-state index >= 15 is 0 Å². The highest BCUT2D eigenvalue weighted by molar-refractivity contribution is 9.10. The number of aromatic nitrogens is 1. The predicted molar refractivity (Wildman–Crippen MR) is 46.6 cm³/mol. The van der Waals surface area contributed by atoms with Gasteiger partial charge in [0.25, 0.3) is 6.43 Å². The Morgan fingerprint density at radius 2 is 1.94 bits per heavy atom. The molecule has 2 nitrogen and oxygen atoms in total. The summed E-state index contributed by atoms with van der Waals surface area (Å²) in [6, 6.07) is 1.43. The van der Waals surface area contributed by atoms with Crippen molar-refractivity contribution in [3.63, 3.8) is 0 Å². The van der Waals surface area contributed by atoms with E-state index in [-0.39, 0.29) is 6.07 Å². The molecule has 86 valence electrons.